The zero-order chi connectivity index (χ0) is 14.9. The first kappa shape index (κ1) is 16.9. The number of anilines is 1. The van der Waals surface area contributed by atoms with E-state index >= 15 is 0 Å². The predicted octanol–water partition coefficient (Wildman–Crippen LogP) is 2.37. The number of aromatic nitrogens is 2. The van der Waals surface area contributed by atoms with E-state index in [0.717, 1.165) is 55.2 Å². The van der Waals surface area contributed by atoms with Crippen LogP contribution in [0.15, 0.2) is 0 Å². The van der Waals surface area contributed by atoms with Crippen LogP contribution in [0.1, 0.15) is 35.5 Å². The molecule has 2 aromatic rings. The molecular weight excluding hydrogens is 330 g/mol. The Balaban J connectivity index is 0.00000156. The van der Waals surface area contributed by atoms with Gasteiger partial charge in [-0.3, -0.25) is 4.90 Å². The van der Waals surface area contributed by atoms with Gasteiger partial charge in [-0.15, -0.1) is 23.7 Å². The molecule has 3 N–H and O–H groups in total. The van der Waals surface area contributed by atoms with Crippen LogP contribution in [0.3, 0.4) is 0 Å². The molecule has 0 aromatic carbocycles. The van der Waals surface area contributed by atoms with Crippen LogP contribution in [-0.2, 0) is 19.4 Å². The fraction of sp³-hybridized carbons (Fsp3) is 0.625. The molecule has 3 heterocycles. The largest absolute Gasteiger partial charge is 0.383 e. The highest BCUT2D eigenvalue weighted by Gasteiger charge is 2.20. The molecule has 0 radical (unpaired) electrons. The lowest BCUT2D eigenvalue weighted by Crippen LogP contribution is -2.28. The lowest BCUT2D eigenvalue weighted by atomic mass is 9.97. The van der Waals surface area contributed by atoms with Crippen molar-refractivity contribution < 1.29 is 0 Å². The third-order valence-electron chi connectivity index (χ3n) is 4.69. The summed E-state index contributed by atoms with van der Waals surface area (Å²) in [6.07, 6.45) is 6.07. The number of fused-ring (bicyclic) bond motifs is 3. The fourth-order valence-electron chi connectivity index (χ4n) is 3.56. The summed E-state index contributed by atoms with van der Waals surface area (Å²) < 4.78 is 0. The molecule has 2 aliphatic rings. The van der Waals surface area contributed by atoms with Crippen molar-refractivity contribution in [2.75, 3.05) is 31.9 Å². The van der Waals surface area contributed by atoms with Crippen molar-refractivity contribution in [1.82, 2.24) is 20.2 Å². The molecule has 1 saturated heterocycles. The van der Waals surface area contributed by atoms with Gasteiger partial charge in [-0.05, 0) is 50.8 Å². The maximum Gasteiger partial charge on any atom is 0.146 e. The summed E-state index contributed by atoms with van der Waals surface area (Å²) in [5.41, 5.74) is 7.71. The molecule has 23 heavy (non-hydrogen) atoms. The quantitative estimate of drug-likeness (QED) is 0.867. The minimum Gasteiger partial charge on any atom is -0.383 e. The minimum atomic E-state index is 0. The predicted molar refractivity (Wildman–Crippen MR) is 98.5 cm³/mol. The molecular formula is C16H24ClN5S. The lowest BCUT2D eigenvalue weighted by molar-refractivity contribution is 0.278. The van der Waals surface area contributed by atoms with Crippen molar-refractivity contribution in [3.63, 3.8) is 0 Å². The van der Waals surface area contributed by atoms with Crippen molar-refractivity contribution in [1.29, 1.82) is 0 Å². The number of halogens is 1. The topological polar surface area (TPSA) is 67.1 Å². The third kappa shape index (κ3) is 3.45. The van der Waals surface area contributed by atoms with Crippen LogP contribution < -0.4 is 11.1 Å². The highest BCUT2D eigenvalue weighted by molar-refractivity contribution is 7.19. The molecule has 0 unspecified atom stereocenters. The van der Waals surface area contributed by atoms with Crippen molar-refractivity contribution in [2.45, 2.75) is 38.6 Å². The summed E-state index contributed by atoms with van der Waals surface area (Å²) in [7, 11) is 0. The number of aryl methyl sites for hydroxylation is 2. The summed E-state index contributed by atoms with van der Waals surface area (Å²) in [6, 6.07) is 0. The van der Waals surface area contributed by atoms with E-state index in [2.05, 4.69) is 15.2 Å². The molecule has 0 amide bonds. The van der Waals surface area contributed by atoms with E-state index in [9.17, 15) is 0 Å². The lowest BCUT2D eigenvalue weighted by Gasteiger charge is -2.18. The maximum absolute atomic E-state index is 6.29. The van der Waals surface area contributed by atoms with Gasteiger partial charge < -0.3 is 11.1 Å². The number of hydrogen-bond donors (Lipinski definition) is 2. The van der Waals surface area contributed by atoms with Crippen molar-refractivity contribution in [2.24, 2.45) is 0 Å². The van der Waals surface area contributed by atoms with Gasteiger partial charge in [0.05, 0.1) is 11.9 Å². The molecule has 2 aromatic heterocycles. The van der Waals surface area contributed by atoms with Gasteiger partial charge in [0.2, 0.25) is 0 Å². The summed E-state index contributed by atoms with van der Waals surface area (Å²) in [4.78, 5) is 14.5. The van der Waals surface area contributed by atoms with Crippen LogP contribution in [0.5, 0.6) is 0 Å². The number of hydrogen-bond acceptors (Lipinski definition) is 6. The van der Waals surface area contributed by atoms with Crippen LogP contribution >= 0.6 is 23.7 Å². The molecule has 7 heteroatoms. The summed E-state index contributed by atoms with van der Waals surface area (Å²) in [5, 5.41) is 4.57. The van der Waals surface area contributed by atoms with Crippen molar-refractivity contribution in [3.8, 4) is 0 Å². The zero-order valence-electron chi connectivity index (χ0n) is 13.3. The number of nitrogens with zero attached hydrogens (tertiary/aromatic N) is 3. The smallest absolute Gasteiger partial charge is 0.146 e. The minimum absolute atomic E-state index is 0. The fourth-order valence-corrected chi connectivity index (χ4v) is 4.85. The number of nitrogens with one attached hydrogen (secondary N) is 1. The first-order valence-electron chi connectivity index (χ1n) is 8.31. The summed E-state index contributed by atoms with van der Waals surface area (Å²) >= 11 is 1.83. The van der Waals surface area contributed by atoms with Crippen molar-refractivity contribution in [3.05, 3.63) is 16.3 Å². The van der Waals surface area contributed by atoms with E-state index in [-0.39, 0.29) is 12.4 Å². The van der Waals surface area contributed by atoms with Gasteiger partial charge in [0.15, 0.2) is 0 Å². The highest BCUT2D eigenvalue weighted by Crippen LogP contribution is 2.37. The van der Waals surface area contributed by atoms with Crippen molar-refractivity contribution >= 4 is 39.8 Å². The second kappa shape index (κ2) is 7.30. The highest BCUT2D eigenvalue weighted by atomic mass is 35.5. The molecule has 0 bridgehead atoms. The molecule has 126 valence electrons. The van der Waals surface area contributed by atoms with E-state index in [4.69, 9.17) is 10.7 Å². The van der Waals surface area contributed by atoms with E-state index < -0.39 is 0 Å². The van der Waals surface area contributed by atoms with Gasteiger partial charge in [0.1, 0.15) is 16.5 Å². The molecule has 0 saturated carbocycles. The Morgan fingerprint density at radius 3 is 2.87 bits per heavy atom. The van der Waals surface area contributed by atoms with Gasteiger partial charge in [0, 0.05) is 18.0 Å². The first-order valence-corrected chi connectivity index (χ1v) is 9.12. The number of nitrogens with two attached hydrogens (primary N) is 1. The second-order valence-electron chi connectivity index (χ2n) is 6.30. The zero-order valence-corrected chi connectivity index (χ0v) is 14.9. The van der Waals surface area contributed by atoms with Crippen LogP contribution in [0.2, 0.25) is 0 Å². The SMILES string of the molecule is Cl.Nc1nc(CN2CCCNCC2)nc2sc3c(c12)CCCC3. The Hall–Kier alpha value is -0.950. The van der Waals surface area contributed by atoms with E-state index in [1.807, 2.05) is 11.3 Å². The Labute approximate surface area is 147 Å². The average Bonchev–Trinajstić information content (AvgIpc) is 2.69. The molecule has 5 nitrogen and oxygen atoms in total. The third-order valence-corrected chi connectivity index (χ3v) is 5.87. The number of rotatable bonds is 2. The van der Waals surface area contributed by atoms with Gasteiger partial charge in [-0.1, -0.05) is 0 Å². The van der Waals surface area contributed by atoms with Gasteiger partial charge in [0.25, 0.3) is 0 Å². The van der Waals surface area contributed by atoms with Crippen LogP contribution in [0.4, 0.5) is 5.82 Å². The Morgan fingerprint density at radius 1 is 1.09 bits per heavy atom. The average molecular weight is 354 g/mol. The monoisotopic (exact) mass is 353 g/mol. The molecule has 0 spiro atoms. The molecule has 0 atom stereocenters. The number of nitrogen functional groups attached to an aromatic ring is 1. The Morgan fingerprint density at radius 2 is 1.96 bits per heavy atom. The van der Waals surface area contributed by atoms with Crippen LogP contribution in [-0.4, -0.2) is 41.0 Å². The molecule has 1 fully saturated rings. The van der Waals surface area contributed by atoms with E-state index in [0.29, 0.717) is 5.82 Å². The maximum atomic E-state index is 6.29. The molecule has 4 rings (SSSR count). The van der Waals surface area contributed by atoms with Gasteiger partial charge in [-0.25, -0.2) is 9.97 Å². The standard InChI is InChI=1S/C16H23N5S.ClH/c17-15-14-11-4-1-2-5-12(11)22-16(14)20-13(19-15)10-21-8-3-6-18-7-9-21;/h18H,1-10H2,(H2,17,19,20);1H. The van der Waals surface area contributed by atoms with Gasteiger partial charge in [-0.2, -0.15) is 0 Å². The molecule has 1 aliphatic carbocycles. The number of thiophene rings is 1. The van der Waals surface area contributed by atoms with Gasteiger partial charge >= 0.3 is 0 Å². The van der Waals surface area contributed by atoms with Crippen LogP contribution in [0.25, 0.3) is 10.2 Å². The summed E-state index contributed by atoms with van der Waals surface area (Å²) in [5.74, 6) is 1.57. The van der Waals surface area contributed by atoms with E-state index in [1.54, 1.807) is 0 Å². The summed E-state index contributed by atoms with van der Waals surface area (Å²) in [6.45, 7) is 5.13. The first-order chi connectivity index (χ1) is 10.8. The molecule has 1 aliphatic heterocycles. The normalized spacial score (nSPS) is 19.1. The second-order valence-corrected chi connectivity index (χ2v) is 7.38. The Bertz CT molecular complexity index is 679. The van der Waals surface area contributed by atoms with E-state index in [1.165, 1.54) is 36.1 Å². The van der Waals surface area contributed by atoms with Crippen LogP contribution in [0, 0.1) is 0 Å². The Kier molecular flexibility index (Phi) is 5.36.